The second kappa shape index (κ2) is 4.63. The first-order chi connectivity index (χ1) is 7.69. The molecule has 4 heteroatoms. The van der Waals surface area contributed by atoms with E-state index >= 15 is 0 Å². The van der Waals surface area contributed by atoms with Gasteiger partial charge in [0.1, 0.15) is 5.82 Å². The first-order valence-corrected chi connectivity index (χ1v) is 5.47. The lowest BCUT2D eigenvalue weighted by atomic mass is 10.2. The summed E-state index contributed by atoms with van der Waals surface area (Å²) >= 11 is 0. The number of benzene rings is 1. The van der Waals surface area contributed by atoms with E-state index in [-0.39, 0.29) is 0 Å². The maximum absolute atomic E-state index is 4.39. The van der Waals surface area contributed by atoms with Gasteiger partial charge in [0, 0.05) is 13.2 Å². The van der Waals surface area contributed by atoms with E-state index in [4.69, 9.17) is 0 Å². The smallest absolute Gasteiger partial charge is 0.104 e. The highest BCUT2D eigenvalue weighted by Gasteiger charge is 2.03. The summed E-state index contributed by atoms with van der Waals surface area (Å²) in [5, 5.41) is 3.13. The molecule has 16 heavy (non-hydrogen) atoms. The largest absolute Gasteiger partial charge is 0.342 e. The van der Waals surface area contributed by atoms with Crippen molar-refractivity contribution in [3.63, 3.8) is 0 Å². The topological polar surface area (TPSA) is 44.0 Å². The maximum atomic E-state index is 4.39. The van der Waals surface area contributed by atoms with Crippen molar-refractivity contribution in [1.29, 1.82) is 0 Å². The Balaban J connectivity index is 2.18. The summed E-state index contributed by atoms with van der Waals surface area (Å²) in [7, 11) is 4.05. The summed E-state index contributed by atoms with van der Waals surface area (Å²) in [6, 6.07) is 6.37. The summed E-state index contributed by atoms with van der Waals surface area (Å²) in [5.74, 6) is 0.968. The van der Waals surface area contributed by atoms with Crippen molar-refractivity contribution in [3.05, 3.63) is 29.6 Å². The van der Waals surface area contributed by atoms with Gasteiger partial charge in [-0.2, -0.15) is 0 Å². The van der Waals surface area contributed by atoms with Crippen molar-refractivity contribution in [2.75, 3.05) is 20.8 Å². The molecule has 0 spiro atoms. The molecule has 2 aromatic rings. The number of fused-ring (bicyclic) bond motifs is 1. The summed E-state index contributed by atoms with van der Waals surface area (Å²) < 4.78 is 0. The quantitative estimate of drug-likeness (QED) is 0.764. The SMILES string of the molecule is CNCN(C)Cc1ccc2nc(C)[nH]c2c1. The predicted molar refractivity (Wildman–Crippen MR) is 66.2 cm³/mol. The van der Waals surface area contributed by atoms with Gasteiger partial charge in [-0.25, -0.2) is 4.98 Å². The van der Waals surface area contributed by atoms with E-state index in [2.05, 4.69) is 45.4 Å². The zero-order valence-corrected chi connectivity index (χ0v) is 10.0. The molecule has 1 aromatic heterocycles. The van der Waals surface area contributed by atoms with Gasteiger partial charge in [0.25, 0.3) is 0 Å². The summed E-state index contributed by atoms with van der Waals surface area (Å²) in [5.41, 5.74) is 3.46. The van der Waals surface area contributed by atoms with Gasteiger partial charge in [-0.3, -0.25) is 4.90 Å². The molecule has 0 atom stereocenters. The van der Waals surface area contributed by atoms with Crippen LogP contribution in [0.1, 0.15) is 11.4 Å². The lowest BCUT2D eigenvalue weighted by Gasteiger charge is -2.15. The fourth-order valence-electron chi connectivity index (χ4n) is 1.92. The highest BCUT2D eigenvalue weighted by Crippen LogP contribution is 2.14. The fourth-order valence-corrected chi connectivity index (χ4v) is 1.92. The van der Waals surface area contributed by atoms with Crippen molar-refractivity contribution in [3.8, 4) is 0 Å². The lowest BCUT2D eigenvalue weighted by molar-refractivity contribution is 0.310. The van der Waals surface area contributed by atoms with Crippen molar-refractivity contribution in [2.45, 2.75) is 13.5 Å². The van der Waals surface area contributed by atoms with E-state index in [1.807, 2.05) is 14.0 Å². The van der Waals surface area contributed by atoms with Crippen LogP contribution in [0.2, 0.25) is 0 Å². The highest BCUT2D eigenvalue weighted by molar-refractivity contribution is 5.75. The molecule has 0 radical (unpaired) electrons. The fraction of sp³-hybridized carbons (Fsp3) is 0.417. The van der Waals surface area contributed by atoms with Crippen molar-refractivity contribution in [2.24, 2.45) is 0 Å². The van der Waals surface area contributed by atoms with E-state index in [1.54, 1.807) is 0 Å². The first kappa shape index (κ1) is 11.1. The molecule has 1 aromatic carbocycles. The Kier molecular flexibility index (Phi) is 3.22. The van der Waals surface area contributed by atoms with E-state index in [1.165, 1.54) is 5.56 Å². The standard InChI is InChI=1S/C12H18N4/c1-9-14-11-5-4-10(6-12(11)15-9)7-16(3)8-13-2/h4-6,13H,7-8H2,1-3H3,(H,14,15). The third-order valence-electron chi connectivity index (χ3n) is 2.55. The van der Waals surface area contributed by atoms with Crippen LogP contribution in [0.25, 0.3) is 11.0 Å². The molecule has 0 amide bonds. The van der Waals surface area contributed by atoms with Crippen LogP contribution >= 0.6 is 0 Å². The number of hydrogen-bond donors (Lipinski definition) is 2. The molecule has 2 N–H and O–H groups in total. The van der Waals surface area contributed by atoms with Crippen LogP contribution in [-0.2, 0) is 6.54 Å². The van der Waals surface area contributed by atoms with Crippen molar-refractivity contribution in [1.82, 2.24) is 20.2 Å². The number of H-pyrrole nitrogens is 1. The summed E-state index contributed by atoms with van der Waals surface area (Å²) in [6.45, 7) is 3.81. The number of imidazole rings is 1. The molecule has 0 aliphatic rings. The molecule has 0 unspecified atom stereocenters. The molecule has 86 valence electrons. The average Bonchev–Trinajstić information content (AvgIpc) is 2.57. The van der Waals surface area contributed by atoms with E-state index in [9.17, 15) is 0 Å². The lowest BCUT2D eigenvalue weighted by Crippen LogP contribution is -2.27. The Morgan fingerprint density at radius 2 is 2.25 bits per heavy atom. The second-order valence-corrected chi connectivity index (χ2v) is 4.20. The van der Waals surface area contributed by atoms with Gasteiger partial charge in [0.05, 0.1) is 11.0 Å². The molecule has 0 aliphatic heterocycles. The van der Waals surface area contributed by atoms with Gasteiger partial charge in [-0.1, -0.05) is 6.07 Å². The minimum Gasteiger partial charge on any atom is -0.342 e. The normalized spacial score (nSPS) is 11.5. The Hall–Kier alpha value is -1.39. The number of aromatic nitrogens is 2. The molecular weight excluding hydrogens is 200 g/mol. The average molecular weight is 218 g/mol. The van der Waals surface area contributed by atoms with Gasteiger partial charge >= 0.3 is 0 Å². The predicted octanol–water partition coefficient (Wildman–Crippen LogP) is 1.48. The van der Waals surface area contributed by atoms with Crippen molar-refractivity contribution < 1.29 is 0 Å². The second-order valence-electron chi connectivity index (χ2n) is 4.20. The van der Waals surface area contributed by atoms with Crippen LogP contribution in [0.3, 0.4) is 0 Å². The van der Waals surface area contributed by atoms with Crippen LogP contribution in [0.15, 0.2) is 18.2 Å². The zero-order valence-electron chi connectivity index (χ0n) is 10.0. The summed E-state index contributed by atoms with van der Waals surface area (Å²) in [6.07, 6.45) is 0. The van der Waals surface area contributed by atoms with Crippen LogP contribution in [0.5, 0.6) is 0 Å². The van der Waals surface area contributed by atoms with Gasteiger partial charge < -0.3 is 10.3 Å². The highest BCUT2D eigenvalue weighted by atomic mass is 15.2. The third-order valence-corrected chi connectivity index (χ3v) is 2.55. The van der Waals surface area contributed by atoms with E-state index < -0.39 is 0 Å². The third kappa shape index (κ3) is 2.40. The minimum absolute atomic E-state index is 0.889. The van der Waals surface area contributed by atoms with Crippen LogP contribution in [-0.4, -0.2) is 35.6 Å². The van der Waals surface area contributed by atoms with Gasteiger partial charge in [-0.15, -0.1) is 0 Å². The molecule has 4 nitrogen and oxygen atoms in total. The molecule has 0 aliphatic carbocycles. The Morgan fingerprint density at radius 1 is 1.44 bits per heavy atom. The zero-order chi connectivity index (χ0) is 11.5. The molecule has 0 saturated carbocycles. The molecule has 0 saturated heterocycles. The molecule has 0 bridgehead atoms. The molecule has 2 rings (SSSR count). The number of nitrogens with zero attached hydrogens (tertiary/aromatic N) is 2. The number of hydrogen-bond acceptors (Lipinski definition) is 3. The Bertz CT molecular complexity index is 475. The Labute approximate surface area is 95.7 Å². The van der Waals surface area contributed by atoms with E-state index in [0.29, 0.717) is 0 Å². The van der Waals surface area contributed by atoms with Gasteiger partial charge in [0.15, 0.2) is 0 Å². The number of aromatic amines is 1. The van der Waals surface area contributed by atoms with Crippen LogP contribution in [0, 0.1) is 6.92 Å². The monoisotopic (exact) mass is 218 g/mol. The van der Waals surface area contributed by atoms with Crippen LogP contribution in [0.4, 0.5) is 0 Å². The minimum atomic E-state index is 0.889. The summed E-state index contributed by atoms with van der Waals surface area (Å²) in [4.78, 5) is 9.87. The Morgan fingerprint density at radius 3 is 3.00 bits per heavy atom. The van der Waals surface area contributed by atoms with Gasteiger partial charge in [-0.05, 0) is 38.7 Å². The molecular formula is C12H18N4. The molecule has 1 heterocycles. The van der Waals surface area contributed by atoms with Gasteiger partial charge in [0.2, 0.25) is 0 Å². The first-order valence-electron chi connectivity index (χ1n) is 5.47. The van der Waals surface area contributed by atoms with E-state index in [0.717, 1.165) is 30.1 Å². The maximum Gasteiger partial charge on any atom is 0.104 e. The number of aryl methyl sites for hydroxylation is 1. The molecule has 0 fully saturated rings. The van der Waals surface area contributed by atoms with Crippen molar-refractivity contribution >= 4 is 11.0 Å². The van der Waals surface area contributed by atoms with Crippen LogP contribution < -0.4 is 5.32 Å². The number of rotatable bonds is 4. The number of nitrogens with one attached hydrogen (secondary N) is 2.